The van der Waals surface area contributed by atoms with Crippen LogP contribution in [-0.4, -0.2) is 19.6 Å². The third kappa shape index (κ3) is 5.56. The number of methoxy groups -OCH3 is 1. The van der Waals surface area contributed by atoms with E-state index in [0.717, 1.165) is 4.90 Å². The highest BCUT2D eigenvalue weighted by atomic mass is 32.2. The molecule has 3 aromatic rings. The van der Waals surface area contributed by atoms with Crippen LogP contribution in [0.2, 0.25) is 0 Å². The first kappa shape index (κ1) is 21.3. The highest BCUT2D eigenvalue weighted by Gasteiger charge is 2.09. The molecule has 6 heteroatoms. The number of hydrogen-bond acceptors (Lipinski definition) is 5. The smallest absolute Gasteiger partial charge is 0.262 e. The number of nitrogens with zero attached hydrogens (tertiary/aromatic N) is 1. The zero-order valence-corrected chi connectivity index (χ0v) is 17.9. The summed E-state index contributed by atoms with van der Waals surface area (Å²) < 4.78 is 10.7. The van der Waals surface area contributed by atoms with Crippen LogP contribution in [0.1, 0.15) is 16.7 Å². The van der Waals surface area contributed by atoms with Crippen molar-refractivity contribution in [1.29, 1.82) is 5.26 Å². The number of amides is 1. The molecule has 30 heavy (non-hydrogen) atoms. The third-order valence-corrected chi connectivity index (χ3v) is 5.53. The first-order chi connectivity index (χ1) is 14.5. The van der Waals surface area contributed by atoms with Crippen LogP contribution in [0.4, 0.5) is 5.69 Å². The van der Waals surface area contributed by atoms with Gasteiger partial charge in [-0.2, -0.15) is 5.26 Å². The minimum atomic E-state index is -0.281. The van der Waals surface area contributed by atoms with Crippen molar-refractivity contribution in [3.05, 3.63) is 77.4 Å². The van der Waals surface area contributed by atoms with Gasteiger partial charge in [-0.15, -0.1) is 0 Å². The number of aryl methyl sites for hydroxylation is 2. The van der Waals surface area contributed by atoms with Gasteiger partial charge in [0.2, 0.25) is 0 Å². The quantitative estimate of drug-likeness (QED) is 0.560. The van der Waals surface area contributed by atoms with Crippen molar-refractivity contribution in [3.8, 4) is 17.6 Å². The second-order valence-electron chi connectivity index (χ2n) is 6.71. The predicted octanol–water partition coefficient (Wildman–Crippen LogP) is 5.35. The topological polar surface area (TPSA) is 71.3 Å². The Morgan fingerprint density at radius 3 is 2.50 bits per heavy atom. The lowest BCUT2D eigenvalue weighted by Crippen LogP contribution is -2.20. The van der Waals surface area contributed by atoms with Crippen LogP contribution in [0.3, 0.4) is 0 Å². The van der Waals surface area contributed by atoms with Gasteiger partial charge in [-0.05, 0) is 67.4 Å². The van der Waals surface area contributed by atoms with E-state index in [9.17, 15) is 4.79 Å². The monoisotopic (exact) mass is 418 g/mol. The summed E-state index contributed by atoms with van der Waals surface area (Å²) in [6, 6.07) is 20.9. The Morgan fingerprint density at radius 2 is 1.80 bits per heavy atom. The SMILES string of the molecule is COc1cc(C#N)ccc1OCC(=O)Nc1ccc(Sc2cc(C)ccc2C)cc1. The van der Waals surface area contributed by atoms with Gasteiger partial charge in [-0.3, -0.25) is 4.79 Å². The molecule has 0 aliphatic rings. The number of rotatable bonds is 7. The summed E-state index contributed by atoms with van der Waals surface area (Å²) >= 11 is 1.70. The summed E-state index contributed by atoms with van der Waals surface area (Å²) in [5, 5.41) is 11.8. The minimum Gasteiger partial charge on any atom is -0.493 e. The van der Waals surface area contributed by atoms with Crippen LogP contribution in [0.25, 0.3) is 0 Å². The largest absolute Gasteiger partial charge is 0.493 e. The average molecular weight is 419 g/mol. The van der Waals surface area contributed by atoms with E-state index in [1.54, 1.807) is 30.0 Å². The van der Waals surface area contributed by atoms with Crippen molar-refractivity contribution in [3.63, 3.8) is 0 Å². The number of nitriles is 1. The fourth-order valence-electron chi connectivity index (χ4n) is 2.75. The molecule has 0 spiro atoms. The molecule has 0 radical (unpaired) electrons. The Balaban J connectivity index is 1.57. The van der Waals surface area contributed by atoms with Crippen molar-refractivity contribution in [1.82, 2.24) is 0 Å². The molecule has 0 aliphatic carbocycles. The van der Waals surface area contributed by atoms with Crippen LogP contribution >= 0.6 is 11.8 Å². The number of carbonyl (C=O) groups is 1. The molecule has 5 nitrogen and oxygen atoms in total. The molecule has 0 unspecified atom stereocenters. The Morgan fingerprint density at radius 1 is 1.03 bits per heavy atom. The zero-order chi connectivity index (χ0) is 21.5. The fourth-order valence-corrected chi connectivity index (χ4v) is 3.75. The number of benzene rings is 3. The Labute approximate surface area is 180 Å². The lowest BCUT2D eigenvalue weighted by atomic mass is 10.2. The van der Waals surface area contributed by atoms with Gasteiger partial charge in [0.1, 0.15) is 0 Å². The van der Waals surface area contributed by atoms with Crippen LogP contribution in [0, 0.1) is 25.2 Å². The van der Waals surface area contributed by atoms with Crippen LogP contribution in [0.5, 0.6) is 11.5 Å². The maximum atomic E-state index is 12.2. The molecule has 0 atom stereocenters. The summed E-state index contributed by atoms with van der Waals surface area (Å²) in [5.41, 5.74) is 3.62. The number of anilines is 1. The molecule has 0 saturated heterocycles. The molecule has 1 N–H and O–H groups in total. The number of ether oxygens (including phenoxy) is 2. The lowest BCUT2D eigenvalue weighted by molar-refractivity contribution is -0.118. The zero-order valence-electron chi connectivity index (χ0n) is 17.1. The summed E-state index contributed by atoms with van der Waals surface area (Å²) in [5.74, 6) is 0.540. The van der Waals surface area contributed by atoms with E-state index >= 15 is 0 Å². The minimum absolute atomic E-state index is 0.165. The van der Waals surface area contributed by atoms with Crippen LogP contribution in [-0.2, 0) is 4.79 Å². The first-order valence-corrected chi connectivity index (χ1v) is 10.2. The number of hydrogen-bond donors (Lipinski definition) is 1. The number of nitrogens with one attached hydrogen (secondary N) is 1. The summed E-state index contributed by atoms with van der Waals surface area (Å²) in [6.07, 6.45) is 0. The van der Waals surface area contributed by atoms with E-state index in [1.165, 1.54) is 23.1 Å². The molecule has 0 heterocycles. The van der Waals surface area contributed by atoms with Gasteiger partial charge in [0.25, 0.3) is 5.91 Å². The highest BCUT2D eigenvalue weighted by Crippen LogP contribution is 2.32. The van der Waals surface area contributed by atoms with E-state index in [2.05, 4.69) is 37.4 Å². The molecule has 0 aromatic heterocycles. The van der Waals surface area contributed by atoms with E-state index < -0.39 is 0 Å². The molecule has 0 saturated carbocycles. The van der Waals surface area contributed by atoms with Gasteiger partial charge in [0, 0.05) is 21.5 Å². The molecule has 3 rings (SSSR count). The van der Waals surface area contributed by atoms with Gasteiger partial charge in [0.05, 0.1) is 18.7 Å². The molecule has 0 bridgehead atoms. The average Bonchev–Trinajstić information content (AvgIpc) is 2.76. The molecule has 152 valence electrons. The van der Waals surface area contributed by atoms with Gasteiger partial charge in [0.15, 0.2) is 18.1 Å². The summed E-state index contributed by atoms with van der Waals surface area (Å²) in [4.78, 5) is 14.5. The molecule has 1 amide bonds. The maximum Gasteiger partial charge on any atom is 0.262 e. The number of carbonyl (C=O) groups excluding carboxylic acids is 1. The van der Waals surface area contributed by atoms with Crippen molar-refractivity contribution in [2.24, 2.45) is 0 Å². The standard InChI is InChI=1S/C24H22N2O3S/c1-16-4-5-17(2)23(12-16)30-20-9-7-19(8-10-20)26-24(27)15-29-21-11-6-18(14-25)13-22(21)28-3/h4-13H,15H2,1-3H3,(H,26,27). The Kier molecular flexibility index (Phi) is 6.99. The second-order valence-corrected chi connectivity index (χ2v) is 7.83. The van der Waals surface area contributed by atoms with Crippen molar-refractivity contribution >= 4 is 23.4 Å². The Hall–Kier alpha value is -3.43. The molecule has 0 fully saturated rings. The van der Waals surface area contributed by atoms with Crippen LogP contribution in [0.15, 0.2) is 70.5 Å². The Bertz CT molecular complexity index is 1090. The van der Waals surface area contributed by atoms with Crippen molar-refractivity contribution < 1.29 is 14.3 Å². The summed E-state index contributed by atoms with van der Waals surface area (Å²) in [6.45, 7) is 4.01. The molecule has 3 aromatic carbocycles. The second kappa shape index (κ2) is 9.86. The first-order valence-electron chi connectivity index (χ1n) is 9.34. The van der Waals surface area contributed by atoms with Gasteiger partial charge >= 0.3 is 0 Å². The van der Waals surface area contributed by atoms with E-state index in [0.29, 0.717) is 22.7 Å². The fraction of sp³-hybridized carbons (Fsp3) is 0.167. The van der Waals surface area contributed by atoms with E-state index in [1.807, 2.05) is 30.3 Å². The van der Waals surface area contributed by atoms with Crippen LogP contribution < -0.4 is 14.8 Å². The maximum absolute atomic E-state index is 12.2. The normalized spacial score (nSPS) is 10.2. The lowest BCUT2D eigenvalue weighted by Gasteiger charge is -2.11. The molecular formula is C24H22N2O3S. The highest BCUT2D eigenvalue weighted by molar-refractivity contribution is 7.99. The van der Waals surface area contributed by atoms with Crippen molar-refractivity contribution in [2.45, 2.75) is 23.6 Å². The molecule has 0 aliphatic heterocycles. The van der Waals surface area contributed by atoms with E-state index in [4.69, 9.17) is 14.7 Å². The van der Waals surface area contributed by atoms with Crippen molar-refractivity contribution in [2.75, 3.05) is 19.0 Å². The predicted molar refractivity (Wildman–Crippen MR) is 118 cm³/mol. The van der Waals surface area contributed by atoms with Gasteiger partial charge in [-0.25, -0.2) is 0 Å². The van der Waals surface area contributed by atoms with Gasteiger partial charge < -0.3 is 14.8 Å². The third-order valence-electron chi connectivity index (χ3n) is 4.36. The van der Waals surface area contributed by atoms with Gasteiger partial charge in [-0.1, -0.05) is 23.9 Å². The molecular weight excluding hydrogens is 396 g/mol. The van der Waals surface area contributed by atoms with E-state index in [-0.39, 0.29) is 12.5 Å². The summed E-state index contributed by atoms with van der Waals surface area (Å²) in [7, 11) is 1.49.